The molecule has 1 fully saturated rings. The average molecular weight is 472 g/mol. The fourth-order valence-corrected chi connectivity index (χ4v) is 4.67. The van der Waals surface area contributed by atoms with Crippen molar-refractivity contribution in [3.63, 3.8) is 0 Å². The molecule has 1 aliphatic heterocycles. The average Bonchev–Trinajstić information content (AvgIpc) is 2.79. The molecule has 0 aliphatic carbocycles. The quantitative estimate of drug-likeness (QED) is 0.552. The number of amides is 2. The smallest absolute Gasteiger partial charge is 0.409 e. The van der Waals surface area contributed by atoms with Crippen LogP contribution < -0.4 is 10.1 Å². The van der Waals surface area contributed by atoms with E-state index < -0.39 is 0 Å². The molecule has 2 aromatic rings. The van der Waals surface area contributed by atoms with Gasteiger partial charge in [0.2, 0.25) is 0 Å². The Morgan fingerprint density at radius 2 is 1.91 bits per heavy atom. The number of nitrogens with one attached hydrogen (secondary N) is 1. The zero-order valence-electron chi connectivity index (χ0n) is 19.8. The molecular formula is C26H34ClN3O3. The summed E-state index contributed by atoms with van der Waals surface area (Å²) < 4.78 is 5.57. The van der Waals surface area contributed by atoms with Gasteiger partial charge in [-0.2, -0.15) is 0 Å². The Labute approximate surface area is 201 Å². The lowest BCUT2D eigenvalue weighted by Gasteiger charge is -2.43. The van der Waals surface area contributed by atoms with Gasteiger partial charge in [0, 0.05) is 35.4 Å². The van der Waals surface area contributed by atoms with Crippen LogP contribution in [-0.2, 0) is 0 Å². The highest BCUT2D eigenvalue weighted by Gasteiger charge is 2.38. The van der Waals surface area contributed by atoms with Gasteiger partial charge in [0.25, 0.3) is 5.91 Å². The van der Waals surface area contributed by atoms with Crippen molar-refractivity contribution in [2.45, 2.75) is 59.0 Å². The Kier molecular flexibility index (Phi) is 8.73. The van der Waals surface area contributed by atoms with Crippen LogP contribution in [0.2, 0.25) is 5.02 Å². The number of ether oxygens (including phenoxy) is 1. The van der Waals surface area contributed by atoms with E-state index in [4.69, 9.17) is 16.3 Å². The third kappa shape index (κ3) is 6.94. The molecule has 3 rings (SSSR count). The highest BCUT2D eigenvalue weighted by Crippen LogP contribution is 2.32. The third-order valence-electron chi connectivity index (χ3n) is 6.25. The summed E-state index contributed by atoms with van der Waals surface area (Å²) in [7, 11) is 0. The first kappa shape index (κ1) is 25.0. The van der Waals surface area contributed by atoms with Crippen LogP contribution in [0.4, 0.5) is 4.79 Å². The maximum Gasteiger partial charge on any atom is 0.415 e. The summed E-state index contributed by atoms with van der Waals surface area (Å²) in [5, 5.41) is 3.88. The van der Waals surface area contributed by atoms with Crippen molar-refractivity contribution in [2.24, 2.45) is 17.8 Å². The lowest BCUT2D eigenvalue weighted by molar-refractivity contribution is 0.0601. The van der Waals surface area contributed by atoms with Crippen LogP contribution in [0.25, 0.3) is 0 Å². The minimum atomic E-state index is -0.342. The second-order valence-electron chi connectivity index (χ2n) is 9.56. The highest BCUT2D eigenvalue weighted by atomic mass is 35.5. The minimum absolute atomic E-state index is 0.0333. The molecular weight excluding hydrogens is 438 g/mol. The number of piperidine rings is 1. The van der Waals surface area contributed by atoms with Crippen molar-refractivity contribution < 1.29 is 14.3 Å². The van der Waals surface area contributed by atoms with Crippen molar-refractivity contribution in [1.82, 2.24) is 15.2 Å². The monoisotopic (exact) mass is 471 g/mol. The summed E-state index contributed by atoms with van der Waals surface area (Å²) in [6.45, 7) is 9.18. The molecule has 1 aromatic carbocycles. The summed E-state index contributed by atoms with van der Waals surface area (Å²) in [6.07, 6.45) is 5.36. The molecule has 0 bridgehead atoms. The number of nitrogens with zero attached hydrogens (tertiary/aromatic N) is 2. The maximum absolute atomic E-state index is 12.9. The third-order valence-corrected chi connectivity index (χ3v) is 6.50. The first-order valence-electron chi connectivity index (χ1n) is 11.7. The predicted octanol–water partition coefficient (Wildman–Crippen LogP) is 5.82. The van der Waals surface area contributed by atoms with E-state index in [2.05, 4.69) is 38.0 Å². The molecule has 2 heterocycles. The van der Waals surface area contributed by atoms with Crippen molar-refractivity contribution in [3.05, 3.63) is 59.4 Å². The molecule has 2 amide bonds. The number of halogens is 1. The van der Waals surface area contributed by atoms with Crippen molar-refractivity contribution >= 4 is 23.6 Å². The molecule has 0 spiro atoms. The first-order valence-corrected chi connectivity index (χ1v) is 12.1. The number of likely N-dealkylation sites (tertiary alicyclic amines) is 1. The molecule has 33 heavy (non-hydrogen) atoms. The van der Waals surface area contributed by atoms with Gasteiger partial charge in [0.05, 0.1) is 6.20 Å². The molecule has 1 saturated heterocycles. The van der Waals surface area contributed by atoms with Crippen LogP contribution in [0, 0.1) is 17.8 Å². The normalized spacial score (nSPS) is 19.4. The largest absolute Gasteiger partial charge is 0.415 e. The van der Waals surface area contributed by atoms with E-state index >= 15 is 0 Å². The second-order valence-corrected chi connectivity index (χ2v) is 10.00. The van der Waals surface area contributed by atoms with E-state index in [0.717, 1.165) is 19.3 Å². The number of hydrogen-bond donors (Lipinski definition) is 1. The van der Waals surface area contributed by atoms with Crippen LogP contribution in [0.5, 0.6) is 5.75 Å². The Morgan fingerprint density at radius 1 is 1.18 bits per heavy atom. The van der Waals surface area contributed by atoms with E-state index in [1.165, 1.54) is 0 Å². The predicted molar refractivity (Wildman–Crippen MR) is 130 cm³/mol. The molecule has 1 N–H and O–H groups in total. The lowest BCUT2D eigenvalue weighted by atomic mass is 9.79. The zero-order chi connectivity index (χ0) is 24.0. The van der Waals surface area contributed by atoms with E-state index in [1.807, 2.05) is 4.90 Å². The van der Waals surface area contributed by atoms with Gasteiger partial charge < -0.3 is 15.0 Å². The van der Waals surface area contributed by atoms with Gasteiger partial charge in [-0.15, -0.1) is 0 Å². The number of pyridine rings is 1. The maximum atomic E-state index is 12.9. The summed E-state index contributed by atoms with van der Waals surface area (Å²) in [5.41, 5.74) is 0.603. The van der Waals surface area contributed by atoms with Crippen molar-refractivity contribution in [2.75, 3.05) is 6.54 Å². The number of aromatic nitrogens is 1. The standard InChI is InChI=1S/C26H34ClN3O3/c1-17(2)14-23(29-25(31)19-7-9-21(27)10-8-19)20-11-13-30(24(15-20)18(3)4)26(32)33-22-6-5-12-28-16-22/h5-10,12,16-18,20,23-24H,11,13-15H2,1-4H3,(H,29,31). The molecule has 6 nitrogen and oxygen atoms in total. The molecule has 0 saturated carbocycles. The fraction of sp³-hybridized carbons (Fsp3) is 0.500. The molecule has 7 heteroatoms. The summed E-state index contributed by atoms with van der Waals surface area (Å²) in [6, 6.07) is 10.5. The minimum Gasteiger partial charge on any atom is -0.409 e. The van der Waals surface area contributed by atoms with Gasteiger partial charge in [0.15, 0.2) is 5.75 Å². The molecule has 1 aromatic heterocycles. The summed E-state index contributed by atoms with van der Waals surface area (Å²) in [5.74, 6) is 1.34. The van der Waals surface area contributed by atoms with Crippen LogP contribution in [0.15, 0.2) is 48.8 Å². The van der Waals surface area contributed by atoms with Gasteiger partial charge >= 0.3 is 6.09 Å². The number of carbonyl (C=O) groups excluding carboxylic acids is 2. The molecule has 0 radical (unpaired) electrons. The van der Waals surface area contributed by atoms with Gasteiger partial charge in [0.1, 0.15) is 0 Å². The number of carbonyl (C=O) groups is 2. The van der Waals surface area contributed by atoms with Crippen LogP contribution >= 0.6 is 11.6 Å². The Bertz CT molecular complexity index is 918. The Morgan fingerprint density at radius 3 is 2.52 bits per heavy atom. The zero-order valence-corrected chi connectivity index (χ0v) is 20.6. The lowest BCUT2D eigenvalue weighted by Crippen LogP contribution is -2.53. The second kappa shape index (κ2) is 11.5. The van der Waals surface area contributed by atoms with Crippen LogP contribution in [-0.4, -0.2) is 40.5 Å². The van der Waals surface area contributed by atoms with Crippen molar-refractivity contribution in [3.8, 4) is 5.75 Å². The Hall–Kier alpha value is -2.60. The van der Waals surface area contributed by atoms with Crippen LogP contribution in [0.3, 0.4) is 0 Å². The SMILES string of the molecule is CC(C)CC(NC(=O)c1ccc(Cl)cc1)C1CCN(C(=O)Oc2cccnc2)C(C(C)C)C1. The van der Waals surface area contributed by atoms with Gasteiger partial charge in [-0.05, 0) is 73.4 Å². The first-order chi connectivity index (χ1) is 15.7. The molecule has 178 valence electrons. The van der Waals surface area contributed by atoms with Gasteiger partial charge in [-0.3, -0.25) is 9.78 Å². The van der Waals surface area contributed by atoms with Gasteiger partial charge in [-0.1, -0.05) is 39.3 Å². The van der Waals surface area contributed by atoms with E-state index in [1.54, 1.807) is 48.8 Å². The fourth-order valence-electron chi connectivity index (χ4n) is 4.55. The molecule has 1 aliphatic rings. The topological polar surface area (TPSA) is 71.5 Å². The van der Waals surface area contributed by atoms with Crippen LogP contribution in [0.1, 0.15) is 57.3 Å². The Balaban J connectivity index is 1.71. The summed E-state index contributed by atoms with van der Waals surface area (Å²) in [4.78, 5) is 31.7. The van der Waals surface area contributed by atoms with Gasteiger partial charge in [-0.25, -0.2) is 4.79 Å². The van der Waals surface area contributed by atoms with E-state index in [0.29, 0.717) is 28.8 Å². The van der Waals surface area contributed by atoms with E-state index in [-0.39, 0.29) is 35.9 Å². The number of hydrogen-bond acceptors (Lipinski definition) is 4. The number of rotatable bonds is 7. The summed E-state index contributed by atoms with van der Waals surface area (Å²) >= 11 is 5.97. The highest BCUT2D eigenvalue weighted by molar-refractivity contribution is 6.30. The number of benzene rings is 1. The molecule has 3 unspecified atom stereocenters. The van der Waals surface area contributed by atoms with E-state index in [9.17, 15) is 9.59 Å². The molecule has 3 atom stereocenters. The van der Waals surface area contributed by atoms with Crippen molar-refractivity contribution in [1.29, 1.82) is 0 Å².